The molecule has 9 heteroatoms. The van der Waals surface area contributed by atoms with E-state index < -0.39 is 18.8 Å². The largest absolute Gasteiger partial charge is 0.493 e. The maximum Gasteiger partial charge on any atom is 0.422 e. The van der Waals surface area contributed by atoms with E-state index in [1.165, 1.54) is 18.2 Å². The fourth-order valence-electron chi connectivity index (χ4n) is 2.36. The number of halogens is 3. The second-order valence-electron chi connectivity index (χ2n) is 5.75. The third kappa shape index (κ3) is 6.90. The summed E-state index contributed by atoms with van der Waals surface area (Å²) in [5.74, 6) is 1.23. The van der Waals surface area contributed by atoms with Gasteiger partial charge in [0.25, 0.3) is 0 Å². The van der Waals surface area contributed by atoms with Crippen molar-refractivity contribution in [2.75, 3.05) is 32.7 Å². The number of hydrogen-bond acceptors (Lipinski definition) is 4. The van der Waals surface area contributed by atoms with Crippen molar-refractivity contribution in [1.82, 2.24) is 5.32 Å². The summed E-state index contributed by atoms with van der Waals surface area (Å²) >= 11 is 0. The Bertz CT molecular complexity index is 797. The highest BCUT2D eigenvalue weighted by Crippen LogP contribution is 2.27. The Hall–Kier alpha value is -3.10. The van der Waals surface area contributed by atoms with Gasteiger partial charge in [0.15, 0.2) is 18.1 Å². The van der Waals surface area contributed by atoms with Crippen molar-refractivity contribution in [2.45, 2.75) is 12.6 Å². The van der Waals surface area contributed by atoms with E-state index in [-0.39, 0.29) is 5.75 Å². The van der Waals surface area contributed by atoms with Gasteiger partial charge in [0.1, 0.15) is 5.75 Å². The fourth-order valence-corrected chi connectivity index (χ4v) is 2.36. The lowest BCUT2D eigenvalue weighted by atomic mass is 10.1. The van der Waals surface area contributed by atoms with Gasteiger partial charge in [-0.2, -0.15) is 13.2 Å². The molecule has 0 aromatic heterocycles. The maximum atomic E-state index is 12.2. The molecule has 0 spiro atoms. The van der Waals surface area contributed by atoms with Gasteiger partial charge < -0.3 is 24.8 Å². The van der Waals surface area contributed by atoms with Crippen LogP contribution >= 0.6 is 0 Å². The third-order valence-corrected chi connectivity index (χ3v) is 3.64. The molecule has 152 valence electrons. The van der Waals surface area contributed by atoms with Crippen LogP contribution in [-0.2, 0) is 6.42 Å². The van der Waals surface area contributed by atoms with Gasteiger partial charge in [-0.3, -0.25) is 0 Å². The predicted molar refractivity (Wildman–Crippen MR) is 98.3 cm³/mol. The number of urea groups is 1. The highest BCUT2D eigenvalue weighted by atomic mass is 19.4. The zero-order valence-corrected chi connectivity index (χ0v) is 15.4. The van der Waals surface area contributed by atoms with Crippen LogP contribution in [0.5, 0.6) is 17.2 Å². The molecule has 0 atom stereocenters. The van der Waals surface area contributed by atoms with Gasteiger partial charge in [-0.15, -0.1) is 0 Å². The number of ether oxygens (including phenoxy) is 3. The molecule has 0 aliphatic heterocycles. The topological polar surface area (TPSA) is 68.8 Å². The predicted octanol–water partition coefficient (Wildman–Crippen LogP) is 4.01. The van der Waals surface area contributed by atoms with Crippen molar-refractivity contribution in [2.24, 2.45) is 0 Å². The summed E-state index contributed by atoms with van der Waals surface area (Å²) < 4.78 is 51.7. The molecular weight excluding hydrogens is 377 g/mol. The molecule has 0 fully saturated rings. The lowest BCUT2D eigenvalue weighted by Gasteiger charge is -2.12. The summed E-state index contributed by atoms with van der Waals surface area (Å²) in [6, 6.07) is 10.7. The van der Waals surface area contributed by atoms with Gasteiger partial charge in [-0.1, -0.05) is 12.1 Å². The van der Waals surface area contributed by atoms with Crippen LogP contribution in [0.25, 0.3) is 0 Å². The number of carbonyl (C=O) groups excluding carboxylic acids is 1. The quantitative estimate of drug-likeness (QED) is 0.705. The molecule has 0 radical (unpaired) electrons. The highest BCUT2D eigenvalue weighted by Gasteiger charge is 2.28. The highest BCUT2D eigenvalue weighted by molar-refractivity contribution is 5.89. The summed E-state index contributed by atoms with van der Waals surface area (Å²) in [6.07, 6.45) is -3.87. The Kier molecular flexibility index (Phi) is 7.36. The number of alkyl halides is 3. The number of hydrogen-bond donors (Lipinski definition) is 2. The number of anilines is 1. The average Bonchev–Trinajstić information content (AvgIpc) is 2.66. The van der Waals surface area contributed by atoms with E-state index in [1.54, 1.807) is 26.4 Å². The first-order valence-corrected chi connectivity index (χ1v) is 8.36. The van der Waals surface area contributed by atoms with Gasteiger partial charge in [-0.25, -0.2) is 4.79 Å². The molecule has 0 saturated carbocycles. The number of methoxy groups -OCH3 is 2. The summed E-state index contributed by atoms with van der Waals surface area (Å²) in [7, 11) is 3.09. The molecule has 0 unspecified atom stereocenters. The normalized spacial score (nSPS) is 10.9. The molecule has 28 heavy (non-hydrogen) atoms. The molecule has 2 aromatic rings. The minimum absolute atomic E-state index is 0.0143. The number of rotatable bonds is 8. The number of nitrogens with one attached hydrogen (secondary N) is 2. The summed E-state index contributed by atoms with van der Waals surface area (Å²) in [5, 5.41) is 5.23. The Morgan fingerprint density at radius 3 is 2.46 bits per heavy atom. The first kappa shape index (κ1) is 21.2. The van der Waals surface area contributed by atoms with Crippen molar-refractivity contribution in [3.63, 3.8) is 0 Å². The average molecular weight is 398 g/mol. The zero-order valence-electron chi connectivity index (χ0n) is 15.4. The van der Waals surface area contributed by atoms with Gasteiger partial charge in [0.2, 0.25) is 0 Å². The maximum absolute atomic E-state index is 12.2. The standard InChI is InChI=1S/C19H21F3N2O4/c1-26-16-7-6-13(10-17(16)27-2)8-9-23-18(25)24-14-4-3-5-15(11-14)28-12-19(20,21)22/h3-7,10-11H,8-9,12H2,1-2H3,(H2,23,24,25). The van der Waals surface area contributed by atoms with E-state index in [1.807, 2.05) is 12.1 Å². The van der Waals surface area contributed by atoms with Crippen LogP contribution in [0, 0.1) is 0 Å². The van der Waals surface area contributed by atoms with Crippen LogP contribution in [0.2, 0.25) is 0 Å². The molecule has 6 nitrogen and oxygen atoms in total. The van der Waals surface area contributed by atoms with E-state index in [9.17, 15) is 18.0 Å². The van der Waals surface area contributed by atoms with E-state index in [2.05, 4.69) is 15.4 Å². The van der Waals surface area contributed by atoms with E-state index >= 15 is 0 Å². The minimum atomic E-state index is -4.43. The van der Waals surface area contributed by atoms with Gasteiger partial charge in [0.05, 0.1) is 14.2 Å². The lowest BCUT2D eigenvalue weighted by molar-refractivity contribution is -0.153. The smallest absolute Gasteiger partial charge is 0.422 e. The van der Waals surface area contributed by atoms with Crippen molar-refractivity contribution >= 4 is 11.7 Å². The Morgan fingerprint density at radius 1 is 1.04 bits per heavy atom. The summed E-state index contributed by atoms with van der Waals surface area (Å²) in [5.41, 5.74) is 1.27. The first-order chi connectivity index (χ1) is 13.3. The molecule has 0 bridgehead atoms. The third-order valence-electron chi connectivity index (χ3n) is 3.64. The SMILES string of the molecule is COc1ccc(CCNC(=O)Nc2cccc(OCC(F)(F)F)c2)cc1OC. The molecule has 0 heterocycles. The van der Waals surface area contributed by atoms with E-state index in [0.717, 1.165) is 5.56 Å². The Labute approximate surface area is 160 Å². The van der Waals surface area contributed by atoms with Crippen molar-refractivity contribution in [3.05, 3.63) is 48.0 Å². The van der Waals surface area contributed by atoms with Crippen molar-refractivity contribution in [3.8, 4) is 17.2 Å². The number of carbonyl (C=O) groups is 1. The second kappa shape index (κ2) is 9.72. The molecule has 2 aromatic carbocycles. The van der Waals surface area contributed by atoms with Crippen LogP contribution in [-0.4, -0.2) is 39.6 Å². The van der Waals surface area contributed by atoms with Crippen LogP contribution in [0.1, 0.15) is 5.56 Å². The lowest BCUT2D eigenvalue weighted by Crippen LogP contribution is -2.30. The van der Waals surface area contributed by atoms with Gasteiger partial charge in [0, 0.05) is 18.3 Å². The summed E-state index contributed by atoms with van der Waals surface area (Å²) in [4.78, 5) is 12.0. The molecule has 0 saturated heterocycles. The first-order valence-electron chi connectivity index (χ1n) is 8.36. The van der Waals surface area contributed by atoms with Crippen LogP contribution in [0.15, 0.2) is 42.5 Å². The van der Waals surface area contributed by atoms with Crippen LogP contribution in [0.3, 0.4) is 0 Å². The Morgan fingerprint density at radius 2 is 1.79 bits per heavy atom. The van der Waals surface area contributed by atoms with Crippen LogP contribution in [0.4, 0.5) is 23.7 Å². The fraction of sp³-hybridized carbons (Fsp3) is 0.316. The molecule has 2 N–H and O–H groups in total. The van der Waals surface area contributed by atoms with E-state index in [4.69, 9.17) is 9.47 Å². The zero-order chi connectivity index (χ0) is 20.6. The van der Waals surface area contributed by atoms with Crippen molar-refractivity contribution < 1.29 is 32.2 Å². The second-order valence-corrected chi connectivity index (χ2v) is 5.75. The summed E-state index contributed by atoms with van der Waals surface area (Å²) in [6.45, 7) is -1.04. The number of amides is 2. The van der Waals surface area contributed by atoms with Gasteiger partial charge >= 0.3 is 12.2 Å². The monoisotopic (exact) mass is 398 g/mol. The molecule has 0 aliphatic rings. The Balaban J connectivity index is 1.83. The van der Waals surface area contributed by atoms with Crippen LogP contribution < -0.4 is 24.8 Å². The van der Waals surface area contributed by atoms with Gasteiger partial charge in [-0.05, 0) is 36.2 Å². The molecular formula is C19H21F3N2O4. The molecule has 2 rings (SSSR count). The van der Waals surface area contributed by atoms with E-state index in [0.29, 0.717) is 30.2 Å². The van der Waals surface area contributed by atoms with Crippen molar-refractivity contribution in [1.29, 1.82) is 0 Å². The molecule has 2 amide bonds. The number of benzene rings is 2. The minimum Gasteiger partial charge on any atom is -0.493 e. The molecule has 0 aliphatic carbocycles.